The van der Waals surface area contributed by atoms with Crippen molar-refractivity contribution in [3.63, 3.8) is 0 Å². The van der Waals surface area contributed by atoms with Crippen LogP contribution in [0.3, 0.4) is 0 Å². The first-order chi connectivity index (χ1) is 11.2. The first-order valence-electron chi connectivity index (χ1n) is 8.90. The average Bonchev–Trinajstić information content (AvgIpc) is 2.93. The van der Waals surface area contributed by atoms with Crippen LogP contribution in [0.2, 0.25) is 0 Å². The summed E-state index contributed by atoms with van der Waals surface area (Å²) >= 11 is 1.86. The molecular weight excluding hydrogens is 310 g/mol. The lowest BCUT2D eigenvalue weighted by Crippen LogP contribution is -2.58. The van der Waals surface area contributed by atoms with Crippen molar-refractivity contribution in [2.45, 2.75) is 40.2 Å². The summed E-state index contributed by atoms with van der Waals surface area (Å²) < 4.78 is 3.86. The fourth-order valence-corrected chi connectivity index (χ4v) is 3.89. The van der Waals surface area contributed by atoms with Crippen LogP contribution in [-0.4, -0.2) is 30.7 Å². The van der Waals surface area contributed by atoms with Crippen LogP contribution in [0, 0.1) is 5.92 Å². The van der Waals surface area contributed by atoms with Gasteiger partial charge in [-0.2, -0.15) is 0 Å². The molecular formula is C22H32NS+. The number of benzene rings is 2. The summed E-state index contributed by atoms with van der Waals surface area (Å²) in [4.78, 5) is 0. The maximum absolute atomic E-state index is 2.35. The zero-order valence-electron chi connectivity index (χ0n) is 16.3. The van der Waals surface area contributed by atoms with E-state index in [1.54, 1.807) is 0 Å². The van der Waals surface area contributed by atoms with Crippen LogP contribution in [-0.2, 0) is 0 Å². The molecule has 0 radical (unpaired) electrons. The Morgan fingerprint density at radius 3 is 1.62 bits per heavy atom. The van der Waals surface area contributed by atoms with Gasteiger partial charge in [-0.25, -0.2) is 0 Å². The van der Waals surface area contributed by atoms with E-state index in [0.717, 1.165) is 10.4 Å². The minimum absolute atomic E-state index is 0.384. The van der Waals surface area contributed by atoms with Gasteiger partial charge in [0, 0.05) is 26.1 Å². The summed E-state index contributed by atoms with van der Waals surface area (Å²) in [7, 11) is 4.61. The molecule has 0 aliphatic rings. The van der Waals surface area contributed by atoms with Gasteiger partial charge >= 0.3 is 0 Å². The lowest BCUT2D eigenvalue weighted by atomic mass is 9.87. The standard InChI is InChI=1S/C12H8S.C10H24N/c1-3-7-11-9(5-1)10-6-2-4-8-12(10)13-11;1-8-11(6,7)10(4,5)9(2)3/h1-8H;9H,8H2,1-7H3/q;+1. The number of rotatable bonds is 3. The summed E-state index contributed by atoms with van der Waals surface area (Å²) in [5.74, 6) is 0.734. The van der Waals surface area contributed by atoms with Crippen LogP contribution in [0.1, 0.15) is 34.6 Å². The Morgan fingerprint density at radius 2 is 1.29 bits per heavy atom. The van der Waals surface area contributed by atoms with Crippen LogP contribution in [0.25, 0.3) is 20.2 Å². The number of hydrogen-bond donors (Lipinski definition) is 0. The number of hydrogen-bond acceptors (Lipinski definition) is 1. The lowest BCUT2D eigenvalue weighted by Gasteiger charge is -2.46. The van der Waals surface area contributed by atoms with E-state index in [1.165, 1.54) is 26.7 Å². The molecule has 3 rings (SSSR count). The molecule has 0 N–H and O–H groups in total. The third-order valence-corrected chi connectivity index (χ3v) is 7.20. The predicted octanol–water partition coefficient (Wildman–Crippen LogP) is 6.57. The van der Waals surface area contributed by atoms with Crippen molar-refractivity contribution in [1.29, 1.82) is 0 Å². The van der Waals surface area contributed by atoms with Crippen LogP contribution in [0.15, 0.2) is 48.5 Å². The molecule has 0 aliphatic carbocycles. The van der Waals surface area contributed by atoms with E-state index in [2.05, 4.69) is 97.2 Å². The fraction of sp³-hybridized carbons (Fsp3) is 0.455. The van der Waals surface area contributed by atoms with Crippen molar-refractivity contribution < 1.29 is 4.48 Å². The molecule has 0 aliphatic heterocycles. The zero-order chi connectivity index (χ0) is 18.0. The minimum atomic E-state index is 0.384. The molecule has 0 saturated heterocycles. The molecule has 0 atom stereocenters. The van der Waals surface area contributed by atoms with Gasteiger partial charge in [0.1, 0.15) is 0 Å². The van der Waals surface area contributed by atoms with Crippen molar-refractivity contribution in [3.8, 4) is 0 Å². The predicted molar refractivity (Wildman–Crippen MR) is 111 cm³/mol. The van der Waals surface area contributed by atoms with Crippen molar-refractivity contribution in [2.24, 2.45) is 5.92 Å². The van der Waals surface area contributed by atoms with E-state index < -0.39 is 0 Å². The van der Waals surface area contributed by atoms with Gasteiger partial charge in [0.15, 0.2) is 0 Å². The second-order valence-corrected chi connectivity index (χ2v) is 8.99. The lowest BCUT2D eigenvalue weighted by molar-refractivity contribution is -0.940. The summed E-state index contributed by atoms with van der Waals surface area (Å²) in [6, 6.07) is 17.1. The van der Waals surface area contributed by atoms with Crippen LogP contribution in [0.5, 0.6) is 0 Å². The maximum Gasteiger partial charge on any atom is 0.0954 e. The average molecular weight is 343 g/mol. The van der Waals surface area contributed by atoms with E-state index in [1.807, 2.05) is 11.3 Å². The van der Waals surface area contributed by atoms with E-state index in [-0.39, 0.29) is 0 Å². The SMILES string of the molecule is CC[N+](C)(C)C(C)(C)C(C)C.c1ccc2c(c1)sc1ccccc12. The minimum Gasteiger partial charge on any atom is -0.324 e. The summed E-state index contributed by atoms with van der Waals surface area (Å²) in [5, 5.41) is 2.76. The fourth-order valence-electron chi connectivity index (χ4n) is 2.78. The highest BCUT2D eigenvalue weighted by atomic mass is 32.1. The number of thiophene rings is 1. The Bertz CT molecular complexity index is 745. The Kier molecular flexibility index (Phi) is 5.72. The third kappa shape index (κ3) is 3.65. The molecule has 1 heterocycles. The molecule has 0 unspecified atom stereocenters. The maximum atomic E-state index is 2.35. The highest BCUT2D eigenvalue weighted by Crippen LogP contribution is 2.32. The third-order valence-electron chi connectivity index (χ3n) is 6.05. The van der Waals surface area contributed by atoms with Crippen molar-refractivity contribution in [2.75, 3.05) is 20.6 Å². The highest BCUT2D eigenvalue weighted by molar-refractivity contribution is 7.25. The second-order valence-electron chi connectivity index (χ2n) is 7.90. The molecule has 1 nitrogen and oxygen atoms in total. The molecule has 0 fully saturated rings. The Labute approximate surface area is 151 Å². The van der Waals surface area contributed by atoms with E-state index in [0.29, 0.717) is 5.54 Å². The topological polar surface area (TPSA) is 0 Å². The van der Waals surface area contributed by atoms with Crippen molar-refractivity contribution in [1.82, 2.24) is 0 Å². The van der Waals surface area contributed by atoms with E-state index >= 15 is 0 Å². The van der Waals surface area contributed by atoms with Crippen LogP contribution >= 0.6 is 11.3 Å². The van der Waals surface area contributed by atoms with Gasteiger partial charge in [-0.3, -0.25) is 0 Å². The van der Waals surface area contributed by atoms with E-state index in [4.69, 9.17) is 0 Å². The van der Waals surface area contributed by atoms with Gasteiger partial charge in [-0.1, -0.05) is 50.2 Å². The second kappa shape index (κ2) is 7.25. The van der Waals surface area contributed by atoms with Gasteiger partial charge in [-0.15, -0.1) is 11.3 Å². The van der Waals surface area contributed by atoms with Crippen LogP contribution in [0.4, 0.5) is 0 Å². The summed E-state index contributed by atoms with van der Waals surface area (Å²) in [5.41, 5.74) is 0.384. The van der Waals surface area contributed by atoms with Gasteiger partial charge in [0.05, 0.1) is 26.2 Å². The highest BCUT2D eigenvalue weighted by Gasteiger charge is 2.37. The monoisotopic (exact) mass is 342 g/mol. The normalized spacial score (nSPS) is 12.5. The molecule has 0 saturated carbocycles. The summed E-state index contributed by atoms with van der Waals surface area (Å²) in [6.07, 6.45) is 0. The summed E-state index contributed by atoms with van der Waals surface area (Å²) in [6.45, 7) is 12.8. The largest absolute Gasteiger partial charge is 0.324 e. The molecule has 1 aromatic heterocycles. The van der Waals surface area contributed by atoms with Crippen molar-refractivity contribution in [3.05, 3.63) is 48.5 Å². The Hall–Kier alpha value is -1.38. The Morgan fingerprint density at radius 1 is 0.875 bits per heavy atom. The van der Waals surface area contributed by atoms with Crippen molar-refractivity contribution >= 4 is 31.5 Å². The molecule has 130 valence electrons. The molecule has 3 aromatic rings. The molecule has 2 aromatic carbocycles. The first-order valence-corrected chi connectivity index (χ1v) is 9.71. The number of quaternary nitrogens is 1. The zero-order valence-corrected chi connectivity index (χ0v) is 17.1. The van der Waals surface area contributed by atoms with Gasteiger partial charge in [0.2, 0.25) is 0 Å². The molecule has 0 bridgehead atoms. The smallest absolute Gasteiger partial charge is 0.0954 e. The van der Waals surface area contributed by atoms with Gasteiger partial charge in [0.25, 0.3) is 0 Å². The van der Waals surface area contributed by atoms with E-state index in [9.17, 15) is 0 Å². The van der Waals surface area contributed by atoms with Gasteiger partial charge < -0.3 is 4.48 Å². The number of fused-ring (bicyclic) bond motifs is 3. The molecule has 2 heteroatoms. The van der Waals surface area contributed by atoms with Crippen LogP contribution < -0.4 is 0 Å². The molecule has 0 spiro atoms. The first kappa shape index (κ1) is 19.0. The number of nitrogens with zero attached hydrogens (tertiary/aromatic N) is 1. The Balaban J connectivity index is 0.000000178. The molecule has 24 heavy (non-hydrogen) atoms. The quantitative estimate of drug-likeness (QED) is 0.472. The molecule has 0 amide bonds. The van der Waals surface area contributed by atoms with Gasteiger partial charge in [-0.05, 0) is 32.9 Å².